The fraction of sp³-hybridized carbons (Fsp3) is 0.786. The summed E-state index contributed by atoms with van der Waals surface area (Å²) < 4.78 is 2.16. The third-order valence-corrected chi connectivity index (χ3v) is 3.86. The number of nitrogens with one attached hydrogen (secondary N) is 1. The molecule has 0 spiro atoms. The van der Waals surface area contributed by atoms with Crippen molar-refractivity contribution in [2.24, 2.45) is 13.0 Å². The summed E-state index contributed by atoms with van der Waals surface area (Å²) in [5.74, 6) is 2.06. The third-order valence-electron chi connectivity index (χ3n) is 3.86. The van der Waals surface area contributed by atoms with Gasteiger partial charge in [0.05, 0.1) is 0 Å². The number of imidazole rings is 1. The van der Waals surface area contributed by atoms with Crippen molar-refractivity contribution in [3.63, 3.8) is 0 Å². The molecule has 17 heavy (non-hydrogen) atoms. The summed E-state index contributed by atoms with van der Waals surface area (Å²) in [6.07, 6.45) is 11.8. The van der Waals surface area contributed by atoms with Gasteiger partial charge in [-0.1, -0.05) is 13.3 Å². The number of rotatable bonds is 5. The van der Waals surface area contributed by atoms with Crippen molar-refractivity contribution in [1.29, 1.82) is 0 Å². The molecule has 0 saturated heterocycles. The van der Waals surface area contributed by atoms with Crippen molar-refractivity contribution in [2.45, 2.75) is 51.5 Å². The van der Waals surface area contributed by atoms with Crippen LogP contribution in [0.3, 0.4) is 0 Å². The number of hydrogen-bond acceptors (Lipinski definition) is 2. The minimum Gasteiger partial charge on any atom is -0.338 e. The van der Waals surface area contributed by atoms with E-state index in [4.69, 9.17) is 0 Å². The van der Waals surface area contributed by atoms with Gasteiger partial charge in [0.15, 0.2) is 0 Å². The van der Waals surface area contributed by atoms with E-state index in [1.165, 1.54) is 44.5 Å². The van der Waals surface area contributed by atoms with Gasteiger partial charge < -0.3 is 9.88 Å². The zero-order valence-electron chi connectivity index (χ0n) is 11.2. The highest BCUT2D eigenvalue weighted by atomic mass is 15.0. The molecule has 1 fully saturated rings. The molecule has 1 aliphatic rings. The second kappa shape index (κ2) is 6.20. The van der Waals surface area contributed by atoms with Gasteiger partial charge in [0.25, 0.3) is 0 Å². The third kappa shape index (κ3) is 3.56. The normalized spacial score (nSPS) is 25.1. The van der Waals surface area contributed by atoms with Crippen LogP contribution in [0.4, 0.5) is 0 Å². The van der Waals surface area contributed by atoms with E-state index in [-0.39, 0.29) is 0 Å². The lowest BCUT2D eigenvalue weighted by Gasteiger charge is -2.29. The monoisotopic (exact) mass is 235 g/mol. The first kappa shape index (κ1) is 12.6. The van der Waals surface area contributed by atoms with Crippen LogP contribution in [-0.4, -0.2) is 22.1 Å². The van der Waals surface area contributed by atoms with Crippen molar-refractivity contribution in [1.82, 2.24) is 14.9 Å². The summed E-state index contributed by atoms with van der Waals surface area (Å²) in [6.45, 7) is 3.40. The summed E-state index contributed by atoms with van der Waals surface area (Å²) in [5, 5.41) is 3.67. The van der Waals surface area contributed by atoms with E-state index in [9.17, 15) is 0 Å². The Kier molecular flexibility index (Phi) is 4.60. The summed E-state index contributed by atoms with van der Waals surface area (Å²) in [4.78, 5) is 4.44. The van der Waals surface area contributed by atoms with Crippen LogP contribution < -0.4 is 5.32 Å². The first-order valence-corrected chi connectivity index (χ1v) is 6.99. The van der Waals surface area contributed by atoms with E-state index in [2.05, 4.69) is 28.8 Å². The highest BCUT2D eigenvalue weighted by Crippen LogP contribution is 2.26. The molecule has 0 aliphatic heterocycles. The molecule has 96 valence electrons. The predicted octanol–water partition coefficient (Wildman–Crippen LogP) is 2.52. The molecule has 1 aliphatic carbocycles. The van der Waals surface area contributed by atoms with Crippen LogP contribution in [0.2, 0.25) is 0 Å². The molecule has 3 heteroatoms. The van der Waals surface area contributed by atoms with Crippen LogP contribution in [0.15, 0.2) is 12.4 Å². The van der Waals surface area contributed by atoms with Crippen LogP contribution in [0, 0.1) is 5.92 Å². The van der Waals surface area contributed by atoms with Gasteiger partial charge in [-0.25, -0.2) is 4.98 Å². The second-order valence-corrected chi connectivity index (χ2v) is 5.34. The first-order chi connectivity index (χ1) is 8.29. The molecule has 1 aromatic heterocycles. The lowest BCUT2D eigenvalue weighted by Crippen LogP contribution is -2.35. The van der Waals surface area contributed by atoms with Crippen molar-refractivity contribution >= 4 is 0 Å². The smallest absolute Gasteiger partial charge is 0.108 e. The number of hydrogen-bond donors (Lipinski definition) is 1. The number of aromatic nitrogens is 2. The van der Waals surface area contributed by atoms with Gasteiger partial charge in [-0.05, 0) is 38.1 Å². The van der Waals surface area contributed by atoms with Crippen molar-refractivity contribution < 1.29 is 0 Å². The average molecular weight is 235 g/mol. The molecule has 3 nitrogen and oxygen atoms in total. The van der Waals surface area contributed by atoms with E-state index >= 15 is 0 Å². The Morgan fingerprint density at radius 3 is 3.06 bits per heavy atom. The van der Waals surface area contributed by atoms with Crippen LogP contribution >= 0.6 is 0 Å². The fourth-order valence-electron chi connectivity index (χ4n) is 2.86. The lowest BCUT2D eigenvalue weighted by atomic mass is 9.83. The quantitative estimate of drug-likeness (QED) is 0.850. The van der Waals surface area contributed by atoms with E-state index in [1.807, 2.05) is 12.4 Å². The predicted molar refractivity (Wildman–Crippen MR) is 71.0 cm³/mol. The van der Waals surface area contributed by atoms with Crippen molar-refractivity contribution in [2.75, 3.05) is 6.54 Å². The van der Waals surface area contributed by atoms with Crippen molar-refractivity contribution in [3.05, 3.63) is 18.2 Å². The fourth-order valence-corrected chi connectivity index (χ4v) is 2.86. The zero-order chi connectivity index (χ0) is 12.1. The minimum atomic E-state index is 0.744. The molecule has 2 rings (SSSR count). The molecule has 0 bridgehead atoms. The Morgan fingerprint density at radius 2 is 2.35 bits per heavy atom. The maximum Gasteiger partial charge on any atom is 0.108 e. The Bertz CT molecular complexity index is 332. The number of aryl methyl sites for hydroxylation is 1. The molecule has 1 N–H and O–H groups in total. The first-order valence-electron chi connectivity index (χ1n) is 6.99. The SMILES string of the molecule is CCCNC1CCCC(Cc2nccn2C)C1. The summed E-state index contributed by atoms with van der Waals surface area (Å²) >= 11 is 0. The van der Waals surface area contributed by atoms with Crippen molar-refractivity contribution in [3.8, 4) is 0 Å². The van der Waals surface area contributed by atoms with Crippen LogP contribution in [-0.2, 0) is 13.5 Å². The average Bonchev–Trinajstić information content (AvgIpc) is 2.73. The van der Waals surface area contributed by atoms with Crippen LogP contribution in [0.25, 0.3) is 0 Å². The largest absolute Gasteiger partial charge is 0.338 e. The molecule has 1 heterocycles. The topological polar surface area (TPSA) is 29.9 Å². The van der Waals surface area contributed by atoms with E-state index in [0.29, 0.717) is 0 Å². The maximum atomic E-state index is 4.44. The highest BCUT2D eigenvalue weighted by Gasteiger charge is 2.22. The summed E-state index contributed by atoms with van der Waals surface area (Å²) in [7, 11) is 2.10. The molecule has 0 aromatic carbocycles. The summed E-state index contributed by atoms with van der Waals surface area (Å²) in [6, 6.07) is 0.744. The van der Waals surface area contributed by atoms with Gasteiger partial charge in [0.2, 0.25) is 0 Å². The lowest BCUT2D eigenvalue weighted by molar-refractivity contribution is 0.280. The zero-order valence-corrected chi connectivity index (χ0v) is 11.2. The van der Waals surface area contributed by atoms with Crippen LogP contribution in [0.1, 0.15) is 44.9 Å². The van der Waals surface area contributed by atoms with Gasteiger partial charge in [0, 0.05) is 31.9 Å². The minimum absolute atomic E-state index is 0.744. The molecule has 2 atom stereocenters. The number of nitrogens with zero attached hydrogens (tertiary/aromatic N) is 2. The van der Waals surface area contributed by atoms with E-state index < -0.39 is 0 Å². The van der Waals surface area contributed by atoms with Gasteiger partial charge in [-0.15, -0.1) is 0 Å². The molecule has 2 unspecified atom stereocenters. The van der Waals surface area contributed by atoms with Gasteiger partial charge >= 0.3 is 0 Å². The van der Waals surface area contributed by atoms with Gasteiger partial charge in [-0.2, -0.15) is 0 Å². The molecular weight excluding hydrogens is 210 g/mol. The Balaban J connectivity index is 1.83. The van der Waals surface area contributed by atoms with Gasteiger partial charge in [-0.3, -0.25) is 0 Å². The second-order valence-electron chi connectivity index (χ2n) is 5.34. The Labute approximate surface area is 105 Å². The summed E-state index contributed by atoms with van der Waals surface area (Å²) in [5.41, 5.74) is 0. The molecule has 0 radical (unpaired) electrons. The standard InChI is InChI=1S/C14H25N3/c1-3-7-15-13-6-4-5-12(10-13)11-14-16-8-9-17(14)2/h8-9,12-13,15H,3-7,10-11H2,1-2H3. The molecule has 1 saturated carbocycles. The Hall–Kier alpha value is -0.830. The maximum absolute atomic E-state index is 4.44. The van der Waals surface area contributed by atoms with Crippen LogP contribution in [0.5, 0.6) is 0 Å². The molecule has 1 aromatic rings. The highest BCUT2D eigenvalue weighted by molar-refractivity contribution is 4.94. The molecule has 0 amide bonds. The Morgan fingerprint density at radius 1 is 1.47 bits per heavy atom. The van der Waals surface area contributed by atoms with Gasteiger partial charge in [0.1, 0.15) is 5.82 Å². The van der Waals surface area contributed by atoms with E-state index in [1.54, 1.807) is 0 Å². The molecular formula is C14H25N3. The van der Waals surface area contributed by atoms with E-state index in [0.717, 1.165) is 18.4 Å².